The summed E-state index contributed by atoms with van der Waals surface area (Å²) < 4.78 is 0.978. The van der Waals surface area contributed by atoms with Gasteiger partial charge in [0.15, 0.2) is 11.6 Å². The minimum Gasteiger partial charge on any atom is -0.480 e. The smallest absolute Gasteiger partial charge is 0.322 e. The van der Waals surface area contributed by atoms with Crippen LogP contribution in [0.15, 0.2) is 35.1 Å². The van der Waals surface area contributed by atoms with Crippen molar-refractivity contribution >= 4 is 39.2 Å². The molecule has 104 valence electrons. The molecular formula is C13H13BrN4O2. The first-order valence-electron chi connectivity index (χ1n) is 5.86. The summed E-state index contributed by atoms with van der Waals surface area (Å²) in [7, 11) is 0. The molecule has 0 aliphatic heterocycles. The summed E-state index contributed by atoms with van der Waals surface area (Å²) in [6.45, 7) is 1.78. The summed E-state index contributed by atoms with van der Waals surface area (Å²) in [5.74, 6) is -0.0872. The van der Waals surface area contributed by atoms with E-state index in [-0.39, 0.29) is 6.54 Å². The summed E-state index contributed by atoms with van der Waals surface area (Å²) >= 11 is 3.46. The van der Waals surface area contributed by atoms with Crippen LogP contribution in [0.25, 0.3) is 0 Å². The zero-order chi connectivity index (χ0) is 14.5. The zero-order valence-electron chi connectivity index (χ0n) is 10.7. The third-order valence-electron chi connectivity index (χ3n) is 2.54. The molecule has 1 aromatic carbocycles. The number of carboxylic acid groups (broad SMARTS) is 1. The van der Waals surface area contributed by atoms with Crippen LogP contribution in [-0.2, 0) is 4.79 Å². The maximum absolute atomic E-state index is 10.6. The standard InChI is InChI=1S/C13H13BrN4O2/c1-8-2-3-9(6-10(8)14)18-13-12(15-4-5-16-13)17-7-11(19)20/h2-6H,7H2,1H3,(H,15,17)(H,16,18)(H,19,20). The molecule has 1 heterocycles. The summed E-state index contributed by atoms with van der Waals surface area (Å²) in [6, 6.07) is 5.80. The highest BCUT2D eigenvalue weighted by atomic mass is 79.9. The van der Waals surface area contributed by atoms with Gasteiger partial charge >= 0.3 is 5.97 Å². The molecule has 2 rings (SSSR count). The maximum atomic E-state index is 10.6. The van der Waals surface area contributed by atoms with Crippen LogP contribution in [-0.4, -0.2) is 27.6 Å². The lowest BCUT2D eigenvalue weighted by atomic mass is 10.2. The average molecular weight is 337 g/mol. The van der Waals surface area contributed by atoms with Crippen molar-refractivity contribution in [3.8, 4) is 0 Å². The first-order chi connectivity index (χ1) is 9.56. The number of nitrogens with one attached hydrogen (secondary N) is 2. The van der Waals surface area contributed by atoms with Crippen LogP contribution in [0.2, 0.25) is 0 Å². The Morgan fingerprint density at radius 2 is 2.00 bits per heavy atom. The van der Waals surface area contributed by atoms with E-state index in [2.05, 4.69) is 36.5 Å². The van der Waals surface area contributed by atoms with Crippen molar-refractivity contribution in [1.82, 2.24) is 9.97 Å². The molecule has 3 N–H and O–H groups in total. The molecule has 0 spiro atoms. The second-order valence-corrected chi connectivity index (χ2v) is 4.94. The number of hydrogen-bond acceptors (Lipinski definition) is 5. The van der Waals surface area contributed by atoms with Crippen molar-refractivity contribution in [2.75, 3.05) is 17.2 Å². The van der Waals surface area contributed by atoms with Crippen molar-refractivity contribution in [2.45, 2.75) is 6.92 Å². The number of carboxylic acids is 1. The van der Waals surface area contributed by atoms with Gasteiger partial charge in [0.2, 0.25) is 0 Å². The Hall–Kier alpha value is -2.15. The SMILES string of the molecule is Cc1ccc(Nc2nccnc2NCC(=O)O)cc1Br. The van der Waals surface area contributed by atoms with Crippen LogP contribution in [0, 0.1) is 6.92 Å². The summed E-state index contributed by atoms with van der Waals surface area (Å²) in [6.07, 6.45) is 3.04. The molecule has 0 saturated carbocycles. The quantitative estimate of drug-likeness (QED) is 0.778. The van der Waals surface area contributed by atoms with Gasteiger partial charge in [0, 0.05) is 22.6 Å². The Morgan fingerprint density at radius 1 is 1.30 bits per heavy atom. The molecule has 0 unspecified atom stereocenters. The van der Waals surface area contributed by atoms with Crippen molar-refractivity contribution in [2.24, 2.45) is 0 Å². The number of aliphatic carboxylic acids is 1. The van der Waals surface area contributed by atoms with E-state index in [0.29, 0.717) is 11.6 Å². The molecule has 0 radical (unpaired) electrons. The van der Waals surface area contributed by atoms with E-state index in [0.717, 1.165) is 15.7 Å². The predicted octanol–water partition coefficient (Wildman–Crippen LogP) is 2.79. The molecule has 2 aromatic rings. The van der Waals surface area contributed by atoms with E-state index in [9.17, 15) is 4.79 Å². The number of aryl methyl sites for hydroxylation is 1. The van der Waals surface area contributed by atoms with Gasteiger partial charge in [0.1, 0.15) is 6.54 Å². The van der Waals surface area contributed by atoms with Gasteiger partial charge in [0.05, 0.1) is 0 Å². The highest BCUT2D eigenvalue weighted by molar-refractivity contribution is 9.10. The second-order valence-electron chi connectivity index (χ2n) is 4.09. The number of hydrogen-bond donors (Lipinski definition) is 3. The molecular weight excluding hydrogens is 324 g/mol. The molecule has 0 atom stereocenters. The van der Waals surface area contributed by atoms with Gasteiger partial charge in [0.25, 0.3) is 0 Å². The molecule has 20 heavy (non-hydrogen) atoms. The third-order valence-corrected chi connectivity index (χ3v) is 3.39. The summed E-state index contributed by atoms with van der Waals surface area (Å²) in [4.78, 5) is 18.8. The van der Waals surface area contributed by atoms with Crippen LogP contribution in [0.1, 0.15) is 5.56 Å². The van der Waals surface area contributed by atoms with Crippen LogP contribution in [0.3, 0.4) is 0 Å². The maximum Gasteiger partial charge on any atom is 0.322 e. The van der Waals surface area contributed by atoms with Gasteiger partial charge in [-0.1, -0.05) is 22.0 Å². The van der Waals surface area contributed by atoms with Gasteiger partial charge in [-0.05, 0) is 24.6 Å². The molecule has 0 fully saturated rings. The molecule has 1 aromatic heterocycles. The lowest BCUT2D eigenvalue weighted by Gasteiger charge is -2.11. The van der Waals surface area contributed by atoms with Crippen LogP contribution in [0.5, 0.6) is 0 Å². The number of halogens is 1. The lowest BCUT2D eigenvalue weighted by molar-refractivity contribution is -0.134. The van der Waals surface area contributed by atoms with Crippen LogP contribution in [0.4, 0.5) is 17.3 Å². The molecule has 7 heteroatoms. The average Bonchev–Trinajstić information content (AvgIpc) is 2.42. The number of carbonyl (C=O) groups is 1. The van der Waals surface area contributed by atoms with Crippen LogP contribution >= 0.6 is 15.9 Å². The molecule has 0 saturated heterocycles. The first kappa shape index (κ1) is 14.3. The Balaban J connectivity index is 2.19. The van der Waals surface area contributed by atoms with E-state index >= 15 is 0 Å². The van der Waals surface area contributed by atoms with Crippen molar-refractivity contribution < 1.29 is 9.90 Å². The van der Waals surface area contributed by atoms with Gasteiger partial charge < -0.3 is 15.7 Å². The molecule has 0 amide bonds. The highest BCUT2D eigenvalue weighted by Gasteiger charge is 2.07. The normalized spacial score (nSPS) is 10.1. The van der Waals surface area contributed by atoms with E-state index in [1.165, 1.54) is 12.4 Å². The summed E-state index contributed by atoms with van der Waals surface area (Å²) in [5, 5.41) is 14.5. The largest absolute Gasteiger partial charge is 0.480 e. The predicted molar refractivity (Wildman–Crippen MR) is 80.3 cm³/mol. The number of benzene rings is 1. The Kier molecular flexibility index (Phi) is 4.52. The highest BCUT2D eigenvalue weighted by Crippen LogP contribution is 2.25. The van der Waals surface area contributed by atoms with E-state index < -0.39 is 5.97 Å². The second kappa shape index (κ2) is 6.33. The minimum atomic E-state index is -0.959. The van der Waals surface area contributed by atoms with Gasteiger partial charge in [-0.15, -0.1) is 0 Å². The van der Waals surface area contributed by atoms with Crippen LogP contribution < -0.4 is 10.6 Å². The minimum absolute atomic E-state index is 0.217. The fourth-order valence-electron chi connectivity index (χ4n) is 1.53. The van der Waals surface area contributed by atoms with Gasteiger partial charge in [-0.25, -0.2) is 9.97 Å². The van der Waals surface area contributed by atoms with Crippen molar-refractivity contribution in [1.29, 1.82) is 0 Å². The number of nitrogens with zero attached hydrogens (tertiary/aromatic N) is 2. The summed E-state index contributed by atoms with van der Waals surface area (Å²) in [5.41, 5.74) is 1.96. The zero-order valence-corrected chi connectivity index (χ0v) is 12.3. The number of rotatable bonds is 5. The monoisotopic (exact) mass is 336 g/mol. The van der Waals surface area contributed by atoms with Crippen molar-refractivity contribution in [3.05, 3.63) is 40.6 Å². The molecule has 0 bridgehead atoms. The molecule has 0 aliphatic rings. The van der Waals surface area contributed by atoms with E-state index in [4.69, 9.17) is 5.11 Å². The molecule has 6 nitrogen and oxygen atoms in total. The first-order valence-corrected chi connectivity index (χ1v) is 6.65. The van der Waals surface area contributed by atoms with Crippen molar-refractivity contribution in [3.63, 3.8) is 0 Å². The number of anilines is 3. The third kappa shape index (κ3) is 3.67. The van der Waals surface area contributed by atoms with Gasteiger partial charge in [-0.3, -0.25) is 4.79 Å². The van der Waals surface area contributed by atoms with E-state index in [1.807, 2.05) is 25.1 Å². The van der Waals surface area contributed by atoms with E-state index in [1.54, 1.807) is 0 Å². The number of aromatic nitrogens is 2. The topological polar surface area (TPSA) is 87.1 Å². The fraction of sp³-hybridized carbons (Fsp3) is 0.154. The Morgan fingerprint density at radius 3 is 2.65 bits per heavy atom. The molecule has 0 aliphatic carbocycles. The van der Waals surface area contributed by atoms with Gasteiger partial charge in [-0.2, -0.15) is 0 Å². The Bertz CT molecular complexity index is 634. The fourth-order valence-corrected chi connectivity index (χ4v) is 1.90. The lowest BCUT2D eigenvalue weighted by Crippen LogP contribution is -2.14. The Labute approximate surface area is 124 Å².